The van der Waals surface area contributed by atoms with Crippen LogP contribution in [0.5, 0.6) is 0 Å². The maximum atomic E-state index is 15.3. The maximum Gasteiger partial charge on any atom is 0.268 e. The quantitative estimate of drug-likeness (QED) is 0.281. The minimum Gasteiger partial charge on any atom is -0.345 e. The van der Waals surface area contributed by atoms with Crippen molar-refractivity contribution in [2.24, 2.45) is 7.05 Å². The van der Waals surface area contributed by atoms with Crippen LogP contribution in [-0.2, 0) is 7.05 Å². The molecule has 5 rings (SSSR count). The lowest BCUT2D eigenvalue weighted by molar-refractivity contribution is 0.0935. The van der Waals surface area contributed by atoms with E-state index in [0.29, 0.717) is 28.8 Å². The lowest BCUT2D eigenvalue weighted by Gasteiger charge is -2.18. The van der Waals surface area contributed by atoms with Gasteiger partial charge in [-0.3, -0.25) is 19.3 Å². The van der Waals surface area contributed by atoms with Crippen LogP contribution in [0.15, 0.2) is 78.7 Å². The van der Waals surface area contributed by atoms with Crippen molar-refractivity contribution in [2.75, 3.05) is 5.32 Å². The first-order valence-electron chi connectivity index (χ1n) is 11.7. The lowest BCUT2D eigenvalue weighted by Crippen LogP contribution is -2.28. The Morgan fingerprint density at radius 2 is 1.95 bits per heavy atom. The van der Waals surface area contributed by atoms with E-state index in [1.54, 1.807) is 47.8 Å². The van der Waals surface area contributed by atoms with Gasteiger partial charge in [0, 0.05) is 47.5 Å². The van der Waals surface area contributed by atoms with E-state index < -0.39 is 11.7 Å². The van der Waals surface area contributed by atoms with E-state index in [0.717, 1.165) is 27.7 Å². The zero-order valence-electron chi connectivity index (χ0n) is 20.2. The van der Waals surface area contributed by atoms with Crippen LogP contribution >= 0.6 is 11.3 Å². The summed E-state index contributed by atoms with van der Waals surface area (Å²) in [5.74, 6) is -1.29. The first-order valence-corrected chi connectivity index (χ1v) is 12.6. The van der Waals surface area contributed by atoms with Crippen molar-refractivity contribution in [3.8, 4) is 11.1 Å². The molecule has 1 unspecified atom stereocenters. The Kier molecular flexibility index (Phi) is 6.78. The topological polar surface area (TPSA) is 88.9 Å². The minimum absolute atomic E-state index is 0.00361. The van der Waals surface area contributed by atoms with Gasteiger partial charge in [-0.2, -0.15) is 5.10 Å². The molecule has 2 N–H and O–H groups in total. The molecule has 2 aromatic carbocycles. The highest BCUT2D eigenvalue weighted by molar-refractivity contribution is 7.12. The van der Waals surface area contributed by atoms with Crippen LogP contribution in [0.3, 0.4) is 0 Å². The van der Waals surface area contributed by atoms with E-state index >= 15 is 4.39 Å². The van der Waals surface area contributed by atoms with Gasteiger partial charge >= 0.3 is 0 Å². The van der Waals surface area contributed by atoms with Crippen molar-refractivity contribution >= 4 is 39.6 Å². The standard InChI is InChI=1S/C28H24FN5O2S/c1-3-24(33-27(35)20-7-8-21-13-30-10-9-17(21)11-20)19-6-4-5-18(12-19)23-16-37-26(25(23)29)28(36)32-22-14-31-34(2)15-22/h4-16,24H,3H2,1-2H3,(H,32,36)(H,33,35). The number of halogens is 1. The van der Waals surface area contributed by atoms with Crippen LogP contribution in [0, 0.1) is 5.82 Å². The molecule has 3 heterocycles. The Morgan fingerprint density at radius 3 is 2.73 bits per heavy atom. The van der Waals surface area contributed by atoms with E-state index in [2.05, 4.69) is 20.7 Å². The monoisotopic (exact) mass is 513 g/mol. The predicted octanol–water partition coefficient (Wildman–Crippen LogP) is 5.97. The van der Waals surface area contributed by atoms with Crippen molar-refractivity contribution < 1.29 is 14.0 Å². The van der Waals surface area contributed by atoms with E-state index in [1.807, 2.05) is 43.3 Å². The Balaban J connectivity index is 1.35. The second kappa shape index (κ2) is 10.3. The van der Waals surface area contributed by atoms with Crippen LogP contribution < -0.4 is 10.6 Å². The summed E-state index contributed by atoms with van der Waals surface area (Å²) >= 11 is 1.05. The molecule has 1 atom stereocenters. The van der Waals surface area contributed by atoms with Crippen molar-refractivity contribution in [3.63, 3.8) is 0 Å². The number of fused-ring (bicyclic) bond motifs is 1. The smallest absolute Gasteiger partial charge is 0.268 e. The molecule has 0 radical (unpaired) electrons. The van der Waals surface area contributed by atoms with Gasteiger partial charge in [-0.05, 0) is 47.2 Å². The zero-order valence-corrected chi connectivity index (χ0v) is 21.1. The summed E-state index contributed by atoms with van der Waals surface area (Å²) in [5, 5.41) is 13.3. The average molecular weight is 514 g/mol. The van der Waals surface area contributed by atoms with Gasteiger partial charge in [-0.1, -0.05) is 31.2 Å². The number of aromatic nitrogens is 3. The van der Waals surface area contributed by atoms with Crippen molar-refractivity contribution in [1.29, 1.82) is 0 Å². The van der Waals surface area contributed by atoms with Gasteiger partial charge in [0.1, 0.15) is 4.88 Å². The second-order valence-electron chi connectivity index (χ2n) is 8.65. The van der Waals surface area contributed by atoms with Crippen LogP contribution in [0.25, 0.3) is 21.9 Å². The number of anilines is 1. The number of pyridine rings is 1. The number of carbonyl (C=O) groups is 2. The highest BCUT2D eigenvalue weighted by Crippen LogP contribution is 2.32. The highest BCUT2D eigenvalue weighted by atomic mass is 32.1. The van der Waals surface area contributed by atoms with E-state index in [-0.39, 0.29) is 16.8 Å². The minimum atomic E-state index is -0.578. The predicted molar refractivity (Wildman–Crippen MR) is 143 cm³/mol. The molecule has 2 amide bonds. The average Bonchev–Trinajstić information content (AvgIpc) is 3.51. The first-order chi connectivity index (χ1) is 17.9. The van der Waals surface area contributed by atoms with Gasteiger partial charge in [0.15, 0.2) is 5.82 Å². The normalized spacial score (nSPS) is 11.9. The summed E-state index contributed by atoms with van der Waals surface area (Å²) in [4.78, 5) is 29.8. The van der Waals surface area contributed by atoms with E-state index in [9.17, 15) is 9.59 Å². The molecular weight excluding hydrogens is 489 g/mol. The molecule has 5 aromatic rings. The summed E-state index contributed by atoms with van der Waals surface area (Å²) in [6, 6.07) is 14.5. The van der Waals surface area contributed by atoms with Gasteiger partial charge in [0.05, 0.1) is 17.9 Å². The summed E-state index contributed by atoms with van der Waals surface area (Å²) < 4.78 is 16.9. The number of hydrogen-bond donors (Lipinski definition) is 2. The third-order valence-electron chi connectivity index (χ3n) is 6.12. The molecular formula is C28H24FN5O2S. The van der Waals surface area contributed by atoms with E-state index in [4.69, 9.17) is 0 Å². The van der Waals surface area contributed by atoms with Gasteiger partial charge in [0.2, 0.25) is 0 Å². The molecule has 0 aliphatic heterocycles. The van der Waals surface area contributed by atoms with Gasteiger partial charge in [-0.15, -0.1) is 11.3 Å². The maximum absolute atomic E-state index is 15.3. The van der Waals surface area contributed by atoms with Crippen LogP contribution in [0.2, 0.25) is 0 Å². The van der Waals surface area contributed by atoms with Gasteiger partial charge in [-0.25, -0.2) is 4.39 Å². The Hall–Kier alpha value is -4.37. The fourth-order valence-electron chi connectivity index (χ4n) is 4.18. The molecule has 0 aliphatic carbocycles. The Labute approximate surface area is 217 Å². The zero-order chi connectivity index (χ0) is 25.9. The molecule has 0 bridgehead atoms. The van der Waals surface area contributed by atoms with Crippen LogP contribution in [0.4, 0.5) is 10.1 Å². The second-order valence-corrected chi connectivity index (χ2v) is 9.53. The van der Waals surface area contributed by atoms with E-state index in [1.165, 1.54) is 6.20 Å². The summed E-state index contributed by atoms with van der Waals surface area (Å²) in [7, 11) is 1.73. The van der Waals surface area contributed by atoms with Gasteiger partial charge in [0.25, 0.3) is 11.8 Å². The van der Waals surface area contributed by atoms with Crippen molar-refractivity contribution in [3.05, 3.63) is 101 Å². The summed E-state index contributed by atoms with van der Waals surface area (Å²) in [5.41, 5.74) is 2.88. The van der Waals surface area contributed by atoms with Crippen LogP contribution in [0.1, 0.15) is 45.0 Å². The number of hydrogen-bond acceptors (Lipinski definition) is 5. The number of nitrogens with zero attached hydrogens (tertiary/aromatic N) is 3. The van der Waals surface area contributed by atoms with Gasteiger partial charge < -0.3 is 10.6 Å². The fourth-order valence-corrected chi connectivity index (χ4v) is 5.02. The molecule has 0 spiro atoms. The number of thiophene rings is 1. The molecule has 0 fully saturated rings. The largest absolute Gasteiger partial charge is 0.345 e. The molecule has 37 heavy (non-hydrogen) atoms. The Bertz CT molecular complexity index is 1610. The molecule has 0 saturated heterocycles. The molecule has 9 heteroatoms. The molecule has 7 nitrogen and oxygen atoms in total. The highest BCUT2D eigenvalue weighted by Gasteiger charge is 2.21. The lowest BCUT2D eigenvalue weighted by atomic mass is 9.98. The molecule has 0 aliphatic rings. The summed E-state index contributed by atoms with van der Waals surface area (Å²) in [6.07, 6.45) is 7.25. The molecule has 186 valence electrons. The molecule has 0 saturated carbocycles. The molecule has 3 aromatic heterocycles. The summed E-state index contributed by atoms with van der Waals surface area (Å²) in [6.45, 7) is 1.98. The number of amides is 2. The SMILES string of the molecule is CCC(NC(=O)c1ccc2cnccc2c1)c1cccc(-c2csc(C(=O)Nc3cnn(C)c3)c2F)c1. The third-order valence-corrected chi connectivity index (χ3v) is 7.07. The fraction of sp³-hybridized carbons (Fsp3) is 0.143. The van der Waals surface area contributed by atoms with Crippen LogP contribution in [-0.4, -0.2) is 26.6 Å². The first kappa shape index (κ1) is 24.3. The number of nitrogens with one attached hydrogen (secondary N) is 2. The Morgan fingerprint density at radius 1 is 1.08 bits per heavy atom. The number of aryl methyl sites for hydroxylation is 1. The number of carbonyl (C=O) groups excluding carboxylic acids is 2. The third kappa shape index (κ3) is 5.12. The number of rotatable bonds is 7. The van der Waals surface area contributed by atoms with Crippen molar-refractivity contribution in [2.45, 2.75) is 19.4 Å². The van der Waals surface area contributed by atoms with Crippen molar-refractivity contribution in [1.82, 2.24) is 20.1 Å². The number of benzene rings is 2.